The lowest BCUT2D eigenvalue weighted by molar-refractivity contribution is 0.372. The molecule has 0 saturated carbocycles. The lowest BCUT2D eigenvalue weighted by Gasteiger charge is -2.10. The number of aromatic hydroxyl groups is 1. The molecule has 23 heavy (non-hydrogen) atoms. The fourth-order valence-corrected chi connectivity index (χ4v) is 3.17. The molecular formula is C18H13Br2NO2. The molecule has 0 saturated heterocycles. The monoisotopic (exact) mass is 433 g/mol. The van der Waals surface area contributed by atoms with Crippen LogP contribution in [0.4, 0.5) is 5.69 Å². The van der Waals surface area contributed by atoms with E-state index in [-0.39, 0.29) is 5.75 Å². The number of phenolic OH excluding ortho intramolecular Hbond substituents is 1. The Labute approximate surface area is 150 Å². The average molecular weight is 435 g/mol. The number of benzene rings is 3. The van der Waals surface area contributed by atoms with Crippen LogP contribution in [0, 0.1) is 0 Å². The standard InChI is InChI=1S/C18H13Br2NO2/c1-23-16-9-14(19)17(20)13(18(16)22)10-21-15-8-4-6-11-5-2-3-7-12(11)15/h2-10,22H,1H3. The van der Waals surface area contributed by atoms with E-state index in [4.69, 9.17) is 4.74 Å². The zero-order valence-electron chi connectivity index (χ0n) is 12.3. The minimum absolute atomic E-state index is 0.0477. The summed E-state index contributed by atoms with van der Waals surface area (Å²) in [6.45, 7) is 0. The minimum Gasteiger partial charge on any atom is -0.504 e. The molecule has 5 heteroatoms. The Bertz CT molecular complexity index is 902. The fourth-order valence-electron chi connectivity index (χ4n) is 2.34. The zero-order valence-corrected chi connectivity index (χ0v) is 15.4. The van der Waals surface area contributed by atoms with Crippen molar-refractivity contribution in [3.63, 3.8) is 0 Å². The Morgan fingerprint density at radius 1 is 1.09 bits per heavy atom. The van der Waals surface area contributed by atoms with Gasteiger partial charge in [0.05, 0.1) is 18.4 Å². The molecule has 0 radical (unpaired) electrons. The van der Waals surface area contributed by atoms with Gasteiger partial charge in [-0.05, 0) is 49.4 Å². The first-order valence-corrected chi connectivity index (χ1v) is 8.47. The Kier molecular flexibility index (Phi) is 4.68. The molecule has 3 rings (SSSR count). The van der Waals surface area contributed by atoms with Gasteiger partial charge in [0.2, 0.25) is 0 Å². The molecule has 0 atom stereocenters. The van der Waals surface area contributed by atoms with E-state index in [1.54, 1.807) is 12.3 Å². The third-order valence-corrected chi connectivity index (χ3v) is 5.52. The number of hydrogen-bond acceptors (Lipinski definition) is 3. The fraction of sp³-hybridized carbons (Fsp3) is 0.0556. The molecule has 0 heterocycles. The van der Waals surface area contributed by atoms with Crippen LogP contribution >= 0.6 is 31.9 Å². The van der Waals surface area contributed by atoms with Crippen LogP contribution in [-0.4, -0.2) is 18.4 Å². The molecule has 0 aliphatic heterocycles. The molecule has 0 spiro atoms. The van der Waals surface area contributed by atoms with Crippen LogP contribution in [0.1, 0.15) is 5.56 Å². The van der Waals surface area contributed by atoms with Gasteiger partial charge in [-0.25, -0.2) is 0 Å². The predicted octanol–water partition coefficient (Wildman–Crippen LogP) is 5.83. The van der Waals surface area contributed by atoms with Gasteiger partial charge in [0.15, 0.2) is 11.5 Å². The normalized spacial score (nSPS) is 11.3. The molecule has 3 aromatic rings. The summed E-state index contributed by atoms with van der Waals surface area (Å²) in [5.41, 5.74) is 1.40. The molecule has 0 aliphatic carbocycles. The van der Waals surface area contributed by atoms with Gasteiger partial charge in [0, 0.05) is 20.5 Å². The van der Waals surface area contributed by atoms with E-state index in [1.165, 1.54) is 7.11 Å². The van der Waals surface area contributed by atoms with Crippen molar-refractivity contribution >= 4 is 54.5 Å². The highest BCUT2D eigenvalue weighted by molar-refractivity contribution is 9.13. The van der Waals surface area contributed by atoms with E-state index < -0.39 is 0 Å². The summed E-state index contributed by atoms with van der Waals surface area (Å²) >= 11 is 6.90. The first-order chi connectivity index (χ1) is 11.1. The summed E-state index contributed by atoms with van der Waals surface area (Å²) < 4.78 is 6.69. The van der Waals surface area contributed by atoms with Crippen molar-refractivity contribution < 1.29 is 9.84 Å². The molecule has 1 N–H and O–H groups in total. The quantitative estimate of drug-likeness (QED) is 0.527. The molecule has 0 aliphatic rings. The first-order valence-electron chi connectivity index (χ1n) is 6.88. The van der Waals surface area contributed by atoms with Crippen LogP contribution in [0.2, 0.25) is 0 Å². The lowest BCUT2D eigenvalue weighted by Crippen LogP contribution is -1.92. The van der Waals surface area contributed by atoms with E-state index in [0.717, 1.165) is 25.4 Å². The Morgan fingerprint density at radius 3 is 2.61 bits per heavy atom. The zero-order chi connectivity index (χ0) is 16.4. The molecule has 3 nitrogen and oxygen atoms in total. The second-order valence-electron chi connectivity index (χ2n) is 4.89. The van der Waals surface area contributed by atoms with E-state index >= 15 is 0 Å². The van der Waals surface area contributed by atoms with E-state index in [0.29, 0.717) is 11.3 Å². The maximum Gasteiger partial charge on any atom is 0.167 e. The van der Waals surface area contributed by atoms with Gasteiger partial charge in [0.1, 0.15) is 0 Å². The largest absolute Gasteiger partial charge is 0.504 e. The number of rotatable bonds is 3. The van der Waals surface area contributed by atoms with E-state index in [2.05, 4.69) is 36.9 Å². The molecule has 116 valence electrons. The topological polar surface area (TPSA) is 41.8 Å². The molecule has 0 aromatic heterocycles. The Balaban J connectivity index is 2.11. The molecule has 0 amide bonds. The highest BCUT2D eigenvalue weighted by Gasteiger charge is 2.14. The maximum atomic E-state index is 10.3. The smallest absolute Gasteiger partial charge is 0.167 e. The molecule has 0 bridgehead atoms. The van der Waals surface area contributed by atoms with Crippen molar-refractivity contribution in [2.45, 2.75) is 0 Å². The number of nitrogens with zero attached hydrogens (tertiary/aromatic N) is 1. The van der Waals surface area contributed by atoms with E-state index in [1.807, 2.05) is 42.5 Å². The highest BCUT2D eigenvalue weighted by atomic mass is 79.9. The van der Waals surface area contributed by atoms with Gasteiger partial charge in [-0.15, -0.1) is 0 Å². The minimum atomic E-state index is 0.0477. The van der Waals surface area contributed by atoms with Crippen molar-refractivity contribution in [1.29, 1.82) is 0 Å². The lowest BCUT2D eigenvalue weighted by atomic mass is 10.1. The van der Waals surface area contributed by atoms with Crippen LogP contribution in [0.15, 0.2) is 62.5 Å². The number of halogens is 2. The molecular weight excluding hydrogens is 422 g/mol. The highest BCUT2D eigenvalue weighted by Crippen LogP contribution is 2.39. The number of hydrogen-bond donors (Lipinski definition) is 1. The molecule has 0 unspecified atom stereocenters. The third kappa shape index (κ3) is 3.12. The second kappa shape index (κ2) is 6.72. The number of fused-ring (bicyclic) bond motifs is 1. The number of methoxy groups -OCH3 is 1. The Morgan fingerprint density at radius 2 is 1.83 bits per heavy atom. The van der Waals surface area contributed by atoms with Gasteiger partial charge in [-0.1, -0.05) is 36.4 Å². The maximum absolute atomic E-state index is 10.3. The first kappa shape index (κ1) is 16.0. The van der Waals surface area contributed by atoms with Gasteiger partial charge >= 0.3 is 0 Å². The third-order valence-electron chi connectivity index (χ3n) is 3.51. The number of ether oxygens (including phenoxy) is 1. The molecule has 3 aromatic carbocycles. The van der Waals surface area contributed by atoms with Crippen LogP contribution in [0.5, 0.6) is 11.5 Å². The summed E-state index contributed by atoms with van der Waals surface area (Å²) in [5, 5.41) is 12.5. The summed E-state index contributed by atoms with van der Waals surface area (Å²) in [6, 6.07) is 15.7. The average Bonchev–Trinajstić information content (AvgIpc) is 2.58. The van der Waals surface area contributed by atoms with Crippen LogP contribution in [-0.2, 0) is 0 Å². The number of phenols is 1. The molecule has 0 fully saturated rings. The van der Waals surface area contributed by atoms with Crippen molar-refractivity contribution in [2.24, 2.45) is 4.99 Å². The Hall–Kier alpha value is -1.85. The van der Waals surface area contributed by atoms with Crippen molar-refractivity contribution in [1.82, 2.24) is 0 Å². The second-order valence-corrected chi connectivity index (χ2v) is 6.54. The summed E-state index contributed by atoms with van der Waals surface area (Å²) in [7, 11) is 1.51. The number of aliphatic imine (C=N–C) groups is 1. The van der Waals surface area contributed by atoms with Gasteiger partial charge in [0.25, 0.3) is 0 Å². The summed E-state index contributed by atoms with van der Waals surface area (Å²) in [6.07, 6.45) is 1.63. The van der Waals surface area contributed by atoms with Crippen LogP contribution in [0.25, 0.3) is 10.8 Å². The van der Waals surface area contributed by atoms with Crippen molar-refractivity contribution in [3.05, 3.63) is 63.0 Å². The predicted molar refractivity (Wildman–Crippen MR) is 101 cm³/mol. The van der Waals surface area contributed by atoms with Crippen LogP contribution in [0.3, 0.4) is 0 Å². The SMILES string of the molecule is COc1cc(Br)c(Br)c(C=Nc2cccc3ccccc23)c1O. The summed E-state index contributed by atoms with van der Waals surface area (Å²) in [5.74, 6) is 0.436. The van der Waals surface area contributed by atoms with Crippen LogP contribution < -0.4 is 4.74 Å². The van der Waals surface area contributed by atoms with Gasteiger partial charge < -0.3 is 9.84 Å². The van der Waals surface area contributed by atoms with Gasteiger partial charge in [-0.3, -0.25) is 4.99 Å². The summed E-state index contributed by atoms with van der Waals surface area (Å²) in [4.78, 5) is 4.55. The van der Waals surface area contributed by atoms with Crippen molar-refractivity contribution in [2.75, 3.05) is 7.11 Å². The van der Waals surface area contributed by atoms with Gasteiger partial charge in [-0.2, -0.15) is 0 Å². The van der Waals surface area contributed by atoms with E-state index in [9.17, 15) is 5.11 Å². The van der Waals surface area contributed by atoms with Crippen molar-refractivity contribution in [3.8, 4) is 11.5 Å².